The van der Waals surface area contributed by atoms with Crippen LogP contribution in [0.3, 0.4) is 0 Å². The van der Waals surface area contributed by atoms with E-state index in [0.29, 0.717) is 29.3 Å². The van der Waals surface area contributed by atoms with Crippen LogP contribution in [0.2, 0.25) is 0 Å². The summed E-state index contributed by atoms with van der Waals surface area (Å²) >= 11 is 5.23. The predicted molar refractivity (Wildman–Crippen MR) is 94.9 cm³/mol. The van der Waals surface area contributed by atoms with Gasteiger partial charge in [0, 0.05) is 24.7 Å². The van der Waals surface area contributed by atoms with Crippen molar-refractivity contribution in [3.63, 3.8) is 0 Å². The fourth-order valence-electron chi connectivity index (χ4n) is 2.22. The number of nitrogens with one attached hydrogen (secondary N) is 1. The Labute approximate surface area is 145 Å². The van der Waals surface area contributed by atoms with Gasteiger partial charge in [-0.2, -0.15) is 0 Å². The Kier molecular flexibility index (Phi) is 7.44. The van der Waals surface area contributed by atoms with Crippen molar-refractivity contribution in [2.75, 3.05) is 19.8 Å². The minimum Gasteiger partial charge on any atom is -0.490 e. The highest BCUT2D eigenvalue weighted by Crippen LogP contribution is 2.30. The van der Waals surface area contributed by atoms with Crippen LogP contribution >= 0.6 is 24.6 Å². The maximum atomic E-state index is 11.8. The van der Waals surface area contributed by atoms with Crippen LogP contribution in [0.1, 0.15) is 5.56 Å². The van der Waals surface area contributed by atoms with Gasteiger partial charge in [-0.1, -0.05) is 11.6 Å². The van der Waals surface area contributed by atoms with E-state index in [1.165, 1.54) is 6.07 Å². The number of nitrogens with two attached hydrogens (primary N) is 1. The summed E-state index contributed by atoms with van der Waals surface area (Å²) in [5.74, 6) is 0.588. The number of halogens is 1. The smallest absolute Gasteiger partial charge is 0.252 e. The highest BCUT2D eigenvalue weighted by atomic mass is 35.5. The van der Waals surface area contributed by atoms with Gasteiger partial charge in [0.15, 0.2) is 4.77 Å². The van der Waals surface area contributed by atoms with Crippen molar-refractivity contribution in [1.29, 1.82) is 0 Å². The molecule has 0 bridgehead atoms. The second kappa shape index (κ2) is 8.83. The summed E-state index contributed by atoms with van der Waals surface area (Å²) in [7, 11) is 0. The van der Waals surface area contributed by atoms with Crippen molar-refractivity contribution in [3.8, 4) is 17.0 Å². The fraction of sp³-hybridized carbons (Fsp3) is 0.333. The maximum Gasteiger partial charge on any atom is 0.252 e. The standard InChI is InChI=1S/C15H19N3O3S.ClH/c1-10-2-3-13(21-7-6-19)11(8-10)12-9-14(20)17-15(22)18(12)5-4-16;/h2-3,8-9,19H,4-7,16H2,1H3,(H,17,20,22);1H. The lowest BCUT2D eigenvalue weighted by atomic mass is 10.1. The van der Waals surface area contributed by atoms with Gasteiger partial charge < -0.3 is 20.1 Å². The summed E-state index contributed by atoms with van der Waals surface area (Å²) in [6.45, 7) is 2.92. The average molecular weight is 358 g/mol. The molecule has 2 rings (SSSR count). The number of aromatic nitrogens is 2. The quantitative estimate of drug-likeness (QED) is 0.683. The molecular weight excluding hydrogens is 338 g/mol. The number of hydrogen-bond acceptors (Lipinski definition) is 5. The molecule has 23 heavy (non-hydrogen) atoms. The summed E-state index contributed by atoms with van der Waals surface area (Å²) in [6.07, 6.45) is 0. The number of rotatable bonds is 6. The van der Waals surface area contributed by atoms with E-state index in [2.05, 4.69) is 4.98 Å². The van der Waals surface area contributed by atoms with Gasteiger partial charge in [-0.25, -0.2) is 0 Å². The van der Waals surface area contributed by atoms with Crippen molar-refractivity contribution < 1.29 is 9.84 Å². The van der Waals surface area contributed by atoms with Gasteiger partial charge >= 0.3 is 0 Å². The van der Waals surface area contributed by atoms with Gasteiger partial charge in [0.25, 0.3) is 5.56 Å². The fourth-order valence-corrected chi connectivity index (χ4v) is 2.51. The minimum absolute atomic E-state index is 0. The zero-order valence-corrected chi connectivity index (χ0v) is 14.4. The second-order valence-corrected chi connectivity index (χ2v) is 5.22. The Morgan fingerprint density at radius 1 is 1.39 bits per heavy atom. The van der Waals surface area contributed by atoms with Crippen LogP contribution in [-0.2, 0) is 6.54 Å². The number of aliphatic hydroxyl groups excluding tert-OH is 1. The molecule has 1 aromatic carbocycles. The van der Waals surface area contributed by atoms with Crippen LogP contribution < -0.4 is 16.0 Å². The first-order valence-corrected chi connectivity index (χ1v) is 7.36. The van der Waals surface area contributed by atoms with Gasteiger partial charge in [-0.05, 0) is 31.3 Å². The van der Waals surface area contributed by atoms with Crippen LogP contribution in [0.25, 0.3) is 11.3 Å². The third kappa shape index (κ3) is 4.65. The van der Waals surface area contributed by atoms with Gasteiger partial charge in [-0.15, -0.1) is 12.4 Å². The topological polar surface area (TPSA) is 93.3 Å². The molecule has 8 heteroatoms. The van der Waals surface area contributed by atoms with Crippen molar-refractivity contribution in [3.05, 3.63) is 45.0 Å². The Morgan fingerprint density at radius 2 is 2.13 bits per heavy atom. The van der Waals surface area contributed by atoms with Crippen LogP contribution in [0, 0.1) is 11.7 Å². The van der Waals surface area contributed by atoms with Gasteiger partial charge in [-0.3, -0.25) is 9.78 Å². The van der Waals surface area contributed by atoms with E-state index in [0.717, 1.165) is 11.1 Å². The maximum absolute atomic E-state index is 11.8. The molecule has 0 aliphatic rings. The monoisotopic (exact) mass is 357 g/mol. The number of aromatic amines is 1. The molecular formula is C15H20ClN3O3S. The zero-order chi connectivity index (χ0) is 16.1. The lowest BCUT2D eigenvalue weighted by Crippen LogP contribution is -2.19. The molecule has 0 fully saturated rings. The summed E-state index contributed by atoms with van der Waals surface area (Å²) in [6, 6.07) is 7.12. The largest absolute Gasteiger partial charge is 0.490 e. The first kappa shape index (κ1) is 19.4. The summed E-state index contributed by atoms with van der Waals surface area (Å²) in [5.41, 5.74) is 7.79. The van der Waals surface area contributed by atoms with Gasteiger partial charge in [0.1, 0.15) is 12.4 Å². The molecule has 1 aromatic heterocycles. The number of benzene rings is 1. The molecule has 1 heterocycles. The van der Waals surface area contributed by atoms with E-state index in [1.54, 1.807) is 4.57 Å². The molecule has 0 saturated heterocycles. The van der Waals surface area contributed by atoms with Gasteiger partial charge in [0.2, 0.25) is 0 Å². The minimum atomic E-state index is -0.275. The molecule has 0 unspecified atom stereocenters. The van der Waals surface area contributed by atoms with Crippen molar-refractivity contribution in [2.24, 2.45) is 5.73 Å². The molecule has 0 saturated carbocycles. The normalized spacial score (nSPS) is 10.2. The van der Waals surface area contributed by atoms with Crippen LogP contribution in [-0.4, -0.2) is 34.4 Å². The number of hydrogen-bond donors (Lipinski definition) is 3. The van der Waals surface area contributed by atoms with Crippen LogP contribution in [0.5, 0.6) is 5.75 Å². The summed E-state index contributed by atoms with van der Waals surface area (Å²) in [5, 5.41) is 8.95. The number of ether oxygens (including phenoxy) is 1. The van der Waals surface area contributed by atoms with E-state index in [1.807, 2.05) is 25.1 Å². The third-order valence-corrected chi connectivity index (χ3v) is 3.47. The molecule has 0 aliphatic carbocycles. The lowest BCUT2D eigenvalue weighted by molar-refractivity contribution is 0.202. The first-order valence-electron chi connectivity index (χ1n) is 6.95. The highest BCUT2D eigenvalue weighted by molar-refractivity contribution is 7.71. The number of H-pyrrole nitrogens is 1. The molecule has 6 nitrogen and oxygen atoms in total. The van der Waals surface area contributed by atoms with E-state index >= 15 is 0 Å². The Balaban J connectivity index is 0.00000264. The number of nitrogens with zero attached hydrogens (tertiary/aromatic N) is 1. The van der Waals surface area contributed by atoms with Crippen molar-refractivity contribution in [2.45, 2.75) is 13.5 Å². The molecule has 0 spiro atoms. The molecule has 126 valence electrons. The predicted octanol–water partition coefficient (Wildman–Crippen LogP) is 1.63. The van der Waals surface area contributed by atoms with E-state index in [4.69, 9.17) is 27.8 Å². The molecule has 0 aliphatic heterocycles. The highest BCUT2D eigenvalue weighted by Gasteiger charge is 2.12. The third-order valence-electron chi connectivity index (χ3n) is 3.15. The average Bonchev–Trinajstić information content (AvgIpc) is 2.48. The molecule has 4 N–H and O–H groups in total. The molecule has 0 atom stereocenters. The van der Waals surface area contributed by atoms with Crippen LogP contribution in [0.15, 0.2) is 29.1 Å². The number of aryl methyl sites for hydroxylation is 1. The SMILES string of the molecule is Cc1ccc(OCCO)c(-c2cc(=O)[nH]c(=S)n2CCN)c1.Cl. The van der Waals surface area contributed by atoms with Crippen LogP contribution in [0.4, 0.5) is 0 Å². The molecule has 2 aromatic rings. The molecule has 0 amide bonds. The van der Waals surface area contributed by atoms with Gasteiger partial charge in [0.05, 0.1) is 12.3 Å². The Hall–Kier alpha value is -1.67. The first-order chi connectivity index (χ1) is 10.6. The second-order valence-electron chi connectivity index (χ2n) is 4.84. The Morgan fingerprint density at radius 3 is 2.78 bits per heavy atom. The summed E-state index contributed by atoms with van der Waals surface area (Å²) < 4.78 is 7.66. The van der Waals surface area contributed by atoms with Crippen molar-refractivity contribution in [1.82, 2.24) is 9.55 Å². The number of aliphatic hydroxyl groups is 1. The van der Waals surface area contributed by atoms with E-state index < -0.39 is 0 Å². The van der Waals surface area contributed by atoms with E-state index in [9.17, 15) is 4.79 Å². The Bertz CT molecular complexity index is 773. The van der Waals surface area contributed by atoms with Crippen molar-refractivity contribution >= 4 is 24.6 Å². The van der Waals surface area contributed by atoms with E-state index in [-0.39, 0.29) is 31.2 Å². The summed E-state index contributed by atoms with van der Waals surface area (Å²) in [4.78, 5) is 14.4. The molecule has 0 radical (unpaired) electrons. The zero-order valence-electron chi connectivity index (χ0n) is 12.7. The lowest BCUT2D eigenvalue weighted by Gasteiger charge is -2.16.